The van der Waals surface area contributed by atoms with Crippen molar-refractivity contribution in [3.8, 4) is 5.75 Å². The lowest BCUT2D eigenvalue weighted by Gasteiger charge is -2.11. The Bertz CT molecular complexity index is 656. The minimum absolute atomic E-state index is 0.0751. The van der Waals surface area contributed by atoms with Crippen LogP contribution in [0.1, 0.15) is 21.5 Å². The number of benzene rings is 2. The van der Waals surface area contributed by atoms with Crippen molar-refractivity contribution in [2.45, 2.75) is 13.5 Å². The highest BCUT2D eigenvalue weighted by Gasteiger charge is 2.15. The van der Waals surface area contributed by atoms with Gasteiger partial charge in [-0.25, -0.2) is 9.18 Å². The van der Waals surface area contributed by atoms with Gasteiger partial charge in [-0.1, -0.05) is 23.7 Å². The first-order valence-electron chi connectivity index (χ1n) is 5.88. The van der Waals surface area contributed by atoms with Crippen LogP contribution in [0.5, 0.6) is 5.75 Å². The van der Waals surface area contributed by atoms with Gasteiger partial charge in [0, 0.05) is 0 Å². The van der Waals surface area contributed by atoms with Gasteiger partial charge in [0.15, 0.2) is 0 Å². The van der Waals surface area contributed by atoms with E-state index in [1.165, 1.54) is 24.3 Å². The zero-order valence-corrected chi connectivity index (χ0v) is 11.4. The summed E-state index contributed by atoms with van der Waals surface area (Å²) in [5, 5.41) is 9.24. The van der Waals surface area contributed by atoms with Gasteiger partial charge in [-0.15, -0.1) is 0 Å². The molecule has 2 aromatic rings. The van der Waals surface area contributed by atoms with Gasteiger partial charge in [-0.05, 0) is 42.3 Å². The fraction of sp³-hybridized carbons (Fsp3) is 0.133. The van der Waals surface area contributed by atoms with E-state index < -0.39 is 5.97 Å². The Morgan fingerprint density at radius 3 is 2.75 bits per heavy atom. The SMILES string of the molecule is Cc1cc(F)ccc1COc1cccc(Cl)c1C(=O)O. The summed E-state index contributed by atoms with van der Waals surface area (Å²) in [7, 11) is 0. The Morgan fingerprint density at radius 2 is 2.10 bits per heavy atom. The van der Waals surface area contributed by atoms with E-state index >= 15 is 0 Å². The first kappa shape index (κ1) is 14.3. The van der Waals surface area contributed by atoms with E-state index in [0.717, 1.165) is 11.1 Å². The normalized spacial score (nSPS) is 10.3. The maximum absolute atomic E-state index is 13.0. The van der Waals surface area contributed by atoms with Crippen molar-refractivity contribution in [1.82, 2.24) is 0 Å². The summed E-state index contributed by atoms with van der Waals surface area (Å²) in [6.45, 7) is 1.91. The highest BCUT2D eigenvalue weighted by atomic mass is 35.5. The van der Waals surface area contributed by atoms with Crippen molar-refractivity contribution in [3.05, 3.63) is 63.9 Å². The number of carboxylic acids is 1. The average molecular weight is 295 g/mol. The molecule has 0 bridgehead atoms. The quantitative estimate of drug-likeness (QED) is 0.925. The minimum atomic E-state index is -1.15. The van der Waals surface area contributed by atoms with Crippen LogP contribution in [0, 0.1) is 12.7 Å². The lowest BCUT2D eigenvalue weighted by molar-refractivity contribution is 0.0692. The zero-order valence-electron chi connectivity index (χ0n) is 10.7. The molecule has 2 rings (SSSR count). The molecule has 0 saturated carbocycles. The molecule has 0 unspecified atom stereocenters. The molecule has 0 spiro atoms. The minimum Gasteiger partial charge on any atom is -0.488 e. The van der Waals surface area contributed by atoms with Gasteiger partial charge in [-0.3, -0.25) is 0 Å². The third-order valence-electron chi connectivity index (χ3n) is 2.88. The molecule has 2 aromatic carbocycles. The molecule has 3 nitrogen and oxygen atoms in total. The summed E-state index contributed by atoms with van der Waals surface area (Å²) in [5.41, 5.74) is 1.44. The standard InChI is InChI=1S/C15H12ClFO3/c1-9-7-11(17)6-5-10(9)8-20-13-4-2-3-12(16)14(13)15(18)19/h2-7H,8H2,1H3,(H,18,19). The number of hydrogen-bond acceptors (Lipinski definition) is 2. The predicted molar refractivity (Wildman–Crippen MR) is 73.9 cm³/mol. The molecule has 0 atom stereocenters. The summed E-state index contributed by atoms with van der Waals surface area (Å²) in [6.07, 6.45) is 0. The Morgan fingerprint density at radius 1 is 1.35 bits per heavy atom. The fourth-order valence-electron chi connectivity index (χ4n) is 1.81. The molecule has 0 aliphatic carbocycles. The van der Waals surface area contributed by atoms with Crippen LogP contribution in [0.15, 0.2) is 36.4 Å². The number of halogens is 2. The Hall–Kier alpha value is -2.07. The van der Waals surface area contributed by atoms with Gasteiger partial charge >= 0.3 is 5.97 Å². The highest BCUT2D eigenvalue weighted by Crippen LogP contribution is 2.27. The molecule has 1 N–H and O–H groups in total. The number of hydrogen-bond donors (Lipinski definition) is 1. The van der Waals surface area contributed by atoms with Gasteiger partial charge in [0.05, 0.1) is 5.02 Å². The van der Waals surface area contributed by atoms with Gasteiger partial charge in [-0.2, -0.15) is 0 Å². The molecule has 0 saturated heterocycles. The molecule has 0 fully saturated rings. The number of ether oxygens (including phenoxy) is 1. The summed E-state index contributed by atoms with van der Waals surface area (Å²) in [5.74, 6) is -1.28. The van der Waals surface area contributed by atoms with Crippen molar-refractivity contribution in [1.29, 1.82) is 0 Å². The van der Waals surface area contributed by atoms with E-state index in [0.29, 0.717) is 0 Å². The van der Waals surface area contributed by atoms with Gasteiger partial charge in [0.25, 0.3) is 0 Å². The van der Waals surface area contributed by atoms with Crippen LogP contribution < -0.4 is 4.74 Å². The second kappa shape index (κ2) is 5.92. The second-order valence-corrected chi connectivity index (χ2v) is 4.68. The van der Waals surface area contributed by atoms with Crippen molar-refractivity contribution in [2.75, 3.05) is 0 Å². The summed E-state index contributed by atoms with van der Waals surface area (Å²) in [6, 6.07) is 8.98. The number of carbonyl (C=O) groups is 1. The van der Waals surface area contributed by atoms with Crippen molar-refractivity contribution >= 4 is 17.6 Å². The molecule has 0 aromatic heterocycles. The molecular formula is C15H12ClFO3. The van der Waals surface area contributed by atoms with E-state index in [1.807, 2.05) is 0 Å². The maximum Gasteiger partial charge on any atom is 0.341 e. The molecule has 0 aliphatic rings. The third kappa shape index (κ3) is 3.08. The zero-order chi connectivity index (χ0) is 14.7. The smallest absolute Gasteiger partial charge is 0.341 e. The second-order valence-electron chi connectivity index (χ2n) is 4.28. The monoisotopic (exact) mass is 294 g/mol. The number of aryl methyl sites for hydroxylation is 1. The van der Waals surface area contributed by atoms with E-state index in [1.54, 1.807) is 19.1 Å². The lowest BCUT2D eigenvalue weighted by Crippen LogP contribution is -2.05. The van der Waals surface area contributed by atoms with Crippen LogP contribution in [-0.4, -0.2) is 11.1 Å². The molecule has 20 heavy (non-hydrogen) atoms. The van der Waals surface area contributed by atoms with Crippen LogP contribution in [0.3, 0.4) is 0 Å². The summed E-state index contributed by atoms with van der Waals surface area (Å²) >= 11 is 5.85. The summed E-state index contributed by atoms with van der Waals surface area (Å²) < 4.78 is 18.5. The van der Waals surface area contributed by atoms with Crippen LogP contribution in [0.2, 0.25) is 5.02 Å². The Balaban J connectivity index is 2.23. The van der Waals surface area contributed by atoms with Crippen molar-refractivity contribution in [3.63, 3.8) is 0 Å². The van der Waals surface area contributed by atoms with Crippen molar-refractivity contribution in [2.24, 2.45) is 0 Å². The number of aromatic carboxylic acids is 1. The lowest BCUT2D eigenvalue weighted by atomic mass is 10.1. The number of carboxylic acid groups (broad SMARTS) is 1. The van der Waals surface area contributed by atoms with E-state index in [-0.39, 0.29) is 28.8 Å². The van der Waals surface area contributed by atoms with Crippen LogP contribution in [0.25, 0.3) is 0 Å². The topological polar surface area (TPSA) is 46.5 Å². The van der Waals surface area contributed by atoms with Gasteiger partial charge in [0.2, 0.25) is 0 Å². The third-order valence-corrected chi connectivity index (χ3v) is 3.19. The molecule has 0 radical (unpaired) electrons. The predicted octanol–water partition coefficient (Wildman–Crippen LogP) is 4.06. The average Bonchev–Trinajstić information content (AvgIpc) is 2.37. The number of rotatable bonds is 4. The highest BCUT2D eigenvalue weighted by molar-refractivity contribution is 6.33. The molecular weight excluding hydrogens is 283 g/mol. The molecule has 0 amide bonds. The molecule has 0 heterocycles. The maximum atomic E-state index is 13.0. The molecule has 104 valence electrons. The molecule has 5 heteroatoms. The first-order chi connectivity index (χ1) is 9.49. The van der Waals surface area contributed by atoms with Crippen LogP contribution in [0.4, 0.5) is 4.39 Å². The summed E-state index contributed by atoms with van der Waals surface area (Å²) in [4.78, 5) is 11.2. The van der Waals surface area contributed by atoms with Crippen LogP contribution in [-0.2, 0) is 6.61 Å². The van der Waals surface area contributed by atoms with Crippen LogP contribution >= 0.6 is 11.6 Å². The van der Waals surface area contributed by atoms with E-state index in [2.05, 4.69) is 0 Å². The Labute approximate surface area is 120 Å². The fourth-order valence-corrected chi connectivity index (χ4v) is 2.06. The van der Waals surface area contributed by atoms with Crippen molar-refractivity contribution < 1.29 is 19.0 Å². The Kier molecular flexibility index (Phi) is 4.25. The van der Waals surface area contributed by atoms with Gasteiger partial charge in [0.1, 0.15) is 23.7 Å². The van der Waals surface area contributed by atoms with E-state index in [4.69, 9.17) is 21.4 Å². The molecule has 0 aliphatic heterocycles. The van der Waals surface area contributed by atoms with E-state index in [9.17, 15) is 9.18 Å². The van der Waals surface area contributed by atoms with Gasteiger partial charge < -0.3 is 9.84 Å². The first-order valence-corrected chi connectivity index (χ1v) is 6.26. The largest absolute Gasteiger partial charge is 0.488 e.